The fourth-order valence-electron chi connectivity index (χ4n) is 2.29. The maximum atomic E-state index is 13.7. The summed E-state index contributed by atoms with van der Waals surface area (Å²) in [6, 6.07) is 1.99. The number of carbonyl (C=O) groups excluding carboxylic acids is 2. The van der Waals surface area contributed by atoms with Gasteiger partial charge in [0.15, 0.2) is 0 Å². The van der Waals surface area contributed by atoms with Gasteiger partial charge < -0.3 is 15.5 Å². The van der Waals surface area contributed by atoms with Crippen molar-refractivity contribution in [3.63, 3.8) is 0 Å². The average molecular weight is 297 g/mol. The first-order valence-electron chi connectivity index (χ1n) is 6.79. The third-order valence-corrected chi connectivity index (χ3v) is 3.32. The van der Waals surface area contributed by atoms with Gasteiger partial charge >= 0.3 is 0 Å². The van der Waals surface area contributed by atoms with Crippen molar-refractivity contribution in [3.8, 4) is 0 Å². The van der Waals surface area contributed by atoms with Crippen LogP contribution >= 0.6 is 0 Å². The van der Waals surface area contributed by atoms with E-state index in [1.54, 1.807) is 6.92 Å². The zero-order chi connectivity index (χ0) is 15.4. The number of likely N-dealkylation sites (N-methyl/N-ethyl adjacent to an activating group) is 1. The number of rotatable bonds is 3. The Morgan fingerprint density at radius 3 is 2.90 bits per heavy atom. The van der Waals surface area contributed by atoms with Crippen LogP contribution in [0, 0.1) is 11.6 Å². The molecule has 1 atom stereocenters. The van der Waals surface area contributed by atoms with Crippen molar-refractivity contribution >= 4 is 11.8 Å². The van der Waals surface area contributed by atoms with E-state index in [9.17, 15) is 18.4 Å². The largest absolute Gasteiger partial charge is 0.355 e. The van der Waals surface area contributed by atoms with Gasteiger partial charge in [0, 0.05) is 26.2 Å². The molecule has 0 saturated carbocycles. The molecule has 1 aliphatic rings. The van der Waals surface area contributed by atoms with Crippen molar-refractivity contribution in [2.75, 3.05) is 26.2 Å². The van der Waals surface area contributed by atoms with Gasteiger partial charge in [-0.2, -0.15) is 0 Å². The van der Waals surface area contributed by atoms with E-state index in [4.69, 9.17) is 0 Å². The van der Waals surface area contributed by atoms with Crippen molar-refractivity contribution in [2.24, 2.45) is 0 Å². The van der Waals surface area contributed by atoms with E-state index >= 15 is 0 Å². The van der Waals surface area contributed by atoms with Crippen LogP contribution in [0.1, 0.15) is 17.3 Å². The number of carbonyl (C=O) groups is 2. The lowest BCUT2D eigenvalue weighted by Gasteiger charge is -2.35. The first-order chi connectivity index (χ1) is 10.0. The molecule has 0 radical (unpaired) electrons. The van der Waals surface area contributed by atoms with Crippen LogP contribution in [-0.4, -0.2) is 48.9 Å². The number of hydrogen-bond donors (Lipinski definition) is 2. The molecule has 1 aromatic carbocycles. The highest BCUT2D eigenvalue weighted by Crippen LogP contribution is 2.15. The minimum absolute atomic E-state index is 0.261. The van der Waals surface area contributed by atoms with Gasteiger partial charge in [-0.15, -0.1) is 0 Å². The van der Waals surface area contributed by atoms with Crippen LogP contribution in [0.15, 0.2) is 18.2 Å². The molecule has 5 nitrogen and oxygen atoms in total. The highest BCUT2D eigenvalue weighted by molar-refractivity contribution is 5.98. The maximum absolute atomic E-state index is 13.7. The molecule has 2 amide bonds. The first kappa shape index (κ1) is 15.4. The molecule has 1 unspecified atom stereocenters. The Morgan fingerprint density at radius 1 is 1.43 bits per heavy atom. The van der Waals surface area contributed by atoms with Crippen molar-refractivity contribution in [1.29, 1.82) is 0 Å². The molecule has 1 aromatic rings. The van der Waals surface area contributed by atoms with Crippen molar-refractivity contribution in [3.05, 3.63) is 35.4 Å². The van der Waals surface area contributed by atoms with Gasteiger partial charge in [0.1, 0.15) is 17.7 Å². The summed E-state index contributed by atoms with van der Waals surface area (Å²) in [5, 5.41) is 5.65. The lowest BCUT2D eigenvalue weighted by Crippen LogP contribution is -2.59. The summed E-state index contributed by atoms with van der Waals surface area (Å²) in [7, 11) is 0. The van der Waals surface area contributed by atoms with Gasteiger partial charge in [-0.1, -0.05) is 0 Å². The lowest BCUT2D eigenvalue weighted by molar-refractivity contribution is -0.126. The molecule has 0 aromatic heterocycles. The molecular weight excluding hydrogens is 280 g/mol. The number of nitrogens with zero attached hydrogens (tertiary/aromatic N) is 1. The summed E-state index contributed by atoms with van der Waals surface area (Å²) in [6.45, 7) is 3.25. The van der Waals surface area contributed by atoms with Crippen molar-refractivity contribution < 1.29 is 18.4 Å². The molecule has 0 aliphatic carbocycles. The van der Waals surface area contributed by atoms with Crippen LogP contribution in [-0.2, 0) is 4.79 Å². The topological polar surface area (TPSA) is 61.4 Å². The minimum atomic E-state index is -0.797. The lowest BCUT2D eigenvalue weighted by atomic mass is 10.1. The Bertz CT molecular complexity index is 551. The van der Waals surface area contributed by atoms with Gasteiger partial charge in [-0.3, -0.25) is 9.59 Å². The molecule has 1 aliphatic heterocycles. The molecule has 2 rings (SSSR count). The first-order valence-corrected chi connectivity index (χ1v) is 6.79. The average Bonchev–Trinajstić information content (AvgIpc) is 2.49. The van der Waals surface area contributed by atoms with E-state index in [0.717, 1.165) is 18.2 Å². The highest BCUT2D eigenvalue weighted by atomic mass is 19.1. The van der Waals surface area contributed by atoms with Crippen LogP contribution in [0.25, 0.3) is 0 Å². The van der Waals surface area contributed by atoms with E-state index in [1.807, 2.05) is 0 Å². The summed E-state index contributed by atoms with van der Waals surface area (Å²) in [4.78, 5) is 25.7. The molecule has 21 heavy (non-hydrogen) atoms. The molecule has 2 N–H and O–H groups in total. The molecule has 1 saturated heterocycles. The van der Waals surface area contributed by atoms with E-state index in [2.05, 4.69) is 10.6 Å². The van der Waals surface area contributed by atoms with E-state index in [0.29, 0.717) is 13.1 Å². The minimum Gasteiger partial charge on any atom is -0.355 e. The fourth-order valence-corrected chi connectivity index (χ4v) is 2.29. The third-order valence-electron chi connectivity index (χ3n) is 3.32. The van der Waals surface area contributed by atoms with Gasteiger partial charge in [0.2, 0.25) is 5.91 Å². The monoisotopic (exact) mass is 297 g/mol. The molecule has 114 valence electrons. The Kier molecular flexibility index (Phi) is 4.85. The van der Waals surface area contributed by atoms with E-state index < -0.39 is 23.6 Å². The number of nitrogens with one attached hydrogen (secondary N) is 2. The Morgan fingerprint density at radius 2 is 2.19 bits per heavy atom. The smallest absolute Gasteiger partial charge is 0.257 e. The number of hydrogen-bond acceptors (Lipinski definition) is 3. The summed E-state index contributed by atoms with van der Waals surface area (Å²) in [6.07, 6.45) is 0. The zero-order valence-electron chi connectivity index (χ0n) is 11.7. The van der Waals surface area contributed by atoms with E-state index in [-0.39, 0.29) is 24.6 Å². The second-order valence-corrected chi connectivity index (χ2v) is 4.74. The molecule has 1 heterocycles. The molecular formula is C14H17F2N3O2. The van der Waals surface area contributed by atoms with Gasteiger partial charge in [0.05, 0.1) is 5.56 Å². The fraction of sp³-hybridized carbons (Fsp3) is 0.429. The Balaban J connectivity index is 2.26. The van der Waals surface area contributed by atoms with Crippen molar-refractivity contribution in [2.45, 2.75) is 13.0 Å². The second kappa shape index (κ2) is 6.62. The van der Waals surface area contributed by atoms with Crippen LogP contribution in [0.3, 0.4) is 0 Å². The van der Waals surface area contributed by atoms with E-state index in [1.165, 1.54) is 4.90 Å². The molecule has 0 spiro atoms. The quantitative estimate of drug-likeness (QED) is 0.855. The summed E-state index contributed by atoms with van der Waals surface area (Å²) < 4.78 is 26.9. The van der Waals surface area contributed by atoms with Gasteiger partial charge in [-0.05, 0) is 25.1 Å². The maximum Gasteiger partial charge on any atom is 0.257 e. The van der Waals surface area contributed by atoms with Crippen LogP contribution < -0.4 is 10.6 Å². The van der Waals surface area contributed by atoms with Gasteiger partial charge in [0.25, 0.3) is 5.91 Å². The second-order valence-electron chi connectivity index (χ2n) is 4.74. The van der Waals surface area contributed by atoms with Crippen LogP contribution in [0.2, 0.25) is 0 Å². The van der Waals surface area contributed by atoms with Crippen LogP contribution in [0.4, 0.5) is 8.78 Å². The summed E-state index contributed by atoms with van der Waals surface area (Å²) >= 11 is 0. The Labute approximate surface area is 121 Å². The highest BCUT2D eigenvalue weighted by Gasteiger charge is 2.33. The predicted molar refractivity (Wildman–Crippen MR) is 72.7 cm³/mol. The molecule has 1 fully saturated rings. The normalized spacial score (nSPS) is 18.4. The SMILES string of the molecule is CCNC(=O)C1CNCCN1C(=O)c1cc(F)ccc1F. The standard InChI is InChI=1S/C14H17F2N3O2/c1-2-18-13(20)12-8-17-5-6-19(12)14(21)10-7-9(15)3-4-11(10)16/h3-4,7,12,17H,2,5-6,8H2,1H3,(H,18,20). The number of halogens is 2. The zero-order valence-corrected chi connectivity index (χ0v) is 11.7. The molecule has 7 heteroatoms. The number of amides is 2. The third kappa shape index (κ3) is 3.36. The summed E-state index contributed by atoms with van der Waals surface area (Å²) in [5.74, 6) is -2.47. The number of piperazine rings is 1. The Hall–Kier alpha value is -2.02. The summed E-state index contributed by atoms with van der Waals surface area (Å²) in [5.41, 5.74) is -0.355. The van der Waals surface area contributed by atoms with Crippen LogP contribution in [0.5, 0.6) is 0 Å². The molecule has 0 bridgehead atoms. The van der Waals surface area contributed by atoms with Gasteiger partial charge in [-0.25, -0.2) is 8.78 Å². The predicted octanol–water partition coefficient (Wildman–Crippen LogP) is 0.515. The van der Waals surface area contributed by atoms with Crippen molar-refractivity contribution in [1.82, 2.24) is 15.5 Å². The number of benzene rings is 1.